The minimum atomic E-state index is -0.812. The molecule has 15 N–H and O–H groups in total. The molecule has 0 rings (SSSR count). The fourth-order valence-electron chi connectivity index (χ4n) is 0. The minimum absolute atomic E-state index is 0. The number of nitrogens with zero attached hydrogens (tertiary/aromatic N) is 1. The van der Waals surface area contributed by atoms with Crippen LogP contribution in [0.2, 0.25) is 0 Å². The zero-order chi connectivity index (χ0) is 3.58. The van der Waals surface area contributed by atoms with Crippen LogP contribution in [0.25, 0.3) is 0 Å². The van der Waals surface area contributed by atoms with E-state index in [0.717, 1.165) is 0 Å². The van der Waals surface area contributed by atoms with Crippen LogP contribution in [0.1, 0.15) is 0 Å². The van der Waals surface area contributed by atoms with Gasteiger partial charge in [0.05, 0.1) is 0 Å². The summed E-state index contributed by atoms with van der Waals surface area (Å²) >= 11 is 2.73. The summed E-state index contributed by atoms with van der Waals surface area (Å²) in [6, 6.07) is 0. The summed E-state index contributed by atoms with van der Waals surface area (Å²) in [5.74, 6) is 0. The van der Waals surface area contributed by atoms with Gasteiger partial charge in [0.1, 0.15) is 0 Å². The van der Waals surface area contributed by atoms with Crippen molar-refractivity contribution in [3.05, 3.63) is 10.1 Å². The second-order valence-electron chi connectivity index (χ2n) is 0.196. The van der Waals surface area contributed by atoms with Gasteiger partial charge in [-0.3, -0.25) is 0 Å². The van der Waals surface area contributed by atoms with Crippen molar-refractivity contribution < 1.29 is 44.7 Å². The Bertz CT molecular complexity index is 41.6. The third-order valence-corrected chi connectivity index (χ3v) is 0. The average Bonchev–Trinajstić information content (AvgIpc) is 0.811. The predicted molar refractivity (Wildman–Crippen MR) is 32.1 cm³/mol. The SMILES string of the molecule is N.N.N.N.N.O=[N+]([O-])[Co+2].[Cl-].[Cl-]. The molecule has 0 spiro atoms. The van der Waals surface area contributed by atoms with E-state index < -0.39 is 3.97 Å². The minimum Gasteiger partial charge on any atom is -1.00 e. The average molecular weight is 261 g/mol. The number of rotatable bonds is 0. The molecule has 8 nitrogen and oxygen atoms in total. The number of hydrogen-bond donors (Lipinski definition) is 5. The van der Waals surface area contributed by atoms with Crippen molar-refractivity contribution in [2.75, 3.05) is 0 Å². The third-order valence-electron chi connectivity index (χ3n) is 0. The summed E-state index contributed by atoms with van der Waals surface area (Å²) in [5, 5.41) is 8.67. The van der Waals surface area contributed by atoms with Crippen LogP contribution in [0.3, 0.4) is 0 Å². The second-order valence-corrected chi connectivity index (χ2v) is 0.576. The van der Waals surface area contributed by atoms with Gasteiger partial charge in [-0.1, -0.05) is 0 Å². The second kappa shape index (κ2) is 82.1. The van der Waals surface area contributed by atoms with Crippen molar-refractivity contribution in [2.24, 2.45) is 0 Å². The van der Waals surface area contributed by atoms with E-state index in [1.54, 1.807) is 0 Å². The molecule has 0 unspecified atom stereocenters. The predicted octanol–water partition coefficient (Wildman–Crippen LogP) is -5.46. The Labute approximate surface area is 85.9 Å². The van der Waals surface area contributed by atoms with Gasteiger partial charge in [0.15, 0.2) is 0 Å². The molecule has 0 aliphatic heterocycles. The van der Waals surface area contributed by atoms with Crippen LogP contribution in [0, 0.1) is 10.1 Å². The molecule has 0 saturated heterocycles. The first-order valence-electron chi connectivity index (χ1n) is 0.514. The van der Waals surface area contributed by atoms with E-state index in [9.17, 15) is 0 Å². The molecule has 0 bridgehead atoms. The number of hydrogen-bond acceptors (Lipinski definition) is 7. The van der Waals surface area contributed by atoms with E-state index in [-0.39, 0.29) is 55.6 Å². The van der Waals surface area contributed by atoms with E-state index in [4.69, 9.17) is 10.1 Å². The molecule has 80 valence electrons. The fourth-order valence-corrected chi connectivity index (χ4v) is 0. The van der Waals surface area contributed by atoms with Crippen molar-refractivity contribution in [2.45, 2.75) is 0 Å². The molecule has 0 amide bonds. The van der Waals surface area contributed by atoms with E-state index in [1.165, 1.54) is 0 Å². The maximum atomic E-state index is 8.67. The summed E-state index contributed by atoms with van der Waals surface area (Å²) in [6.07, 6.45) is 0. The zero-order valence-corrected chi connectivity index (χ0v) is 8.44. The monoisotopic (exact) mass is 260 g/mol. The molecule has 0 heterocycles. The molecule has 0 atom stereocenters. The van der Waals surface area contributed by atoms with Gasteiger partial charge in [0.2, 0.25) is 0 Å². The molecular formula is H15Cl2CoN6O2. The number of nitro groups is 1. The van der Waals surface area contributed by atoms with Gasteiger partial charge in [-0.05, 0) is 0 Å². The zero-order valence-electron chi connectivity index (χ0n) is 5.89. The van der Waals surface area contributed by atoms with Crippen molar-refractivity contribution in [1.29, 1.82) is 0 Å². The molecule has 0 aliphatic carbocycles. The Balaban J connectivity index is -0.00000000214. The molecule has 0 fully saturated rings. The van der Waals surface area contributed by atoms with E-state index in [2.05, 4.69) is 16.0 Å². The summed E-state index contributed by atoms with van der Waals surface area (Å²) in [4.78, 5) is 8.67. The Morgan fingerprint density at radius 1 is 0.909 bits per heavy atom. The standard InChI is InChI=1S/2ClH.Co.NO2.5H3N/c;;;2-1-3;;;;;/h2*1H;;;5*1H3/q;;+2;;;;;;/p-2. The molecule has 0 aromatic heterocycles. The first-order valence-corrected chi connectivity index (χ1v) is 0.980. The first-order chi connectivity index (χ1) is 1.73. The van der Waals surface area contributed by atoms with E-state index in [1.807, 2.05) is 0 Å². The summed E-state index contributed by atoms with van der Waals surface area (Å²) in [5.41, 5.74) is 0. The third kappa shape index (κ3) is 8610. The molecule has 0 radical (unpaired) electrons. The van der Waals surface area contributed by atoms with Crippen molar-refractivity contribution in [1.82, 2.24) is 30.8 Å². The molecule has 0 aromatic carbocycles. The Kier molecular flexibility index (Phi) is 826. The summed E-state index contributed by atoms with van der Waals surface area (Å²) < 4.78 is -0.812. The molecule has 0 aliphatic rings. The molecule has 0 saturated carbocycles. The largest absolute Gasteiger partial charge is 1.00 e. The van der Waals surface area contributed by atoms with Crippen LogP contribution in [0.15, 0.2) is 0 Å². The summed E-state index contributed by atoms with van der Waals surface area (Å²) in [7, 11) is 0. The Hall–Kier alpha value is 0.286. The van der Waals surface area contributed by atoms with Crippen molar-refractivity contribution in [3.8, 4) is 0 Å². The smallest absolute Gasteiger partial charge is 1.00 e. The fraction of sp³-hybridized carbons (Fsp3) is 0. The van der Waals surface area contributed by atoms with Crippen LogP contribution in [-0.2, 0) is 16.0 Å². The Morgan fingerprint density at radius 3 is 0.909 bits per heavy atom. The molecule has 11 heavy (non-hydrogen) atoms. The van der Waals surface area contributed by atoms with Crippen molar-refractivity contribution in [3.63, 3.8) is 0 Å². The Morgan fingerprint density at radius 2 is 0.909 bits per heavy atom. The van der Waals surface area contributed by atoms with Gasteiger partial charge in [-0.15, -0.1) is 0 Å². The van der Waals surface area contributed by atoms with Gasteiger partial charge >= 0.3 is 30.0 Å². The maximum Gasteiger partial charge on any atom is -1.00 e. The van der Waals surface area contributed by atoms with E-state index >= 15 is 0 Å². The van der Waals surface area contributed by atoms with E-state index in [0.29, 0.717) is 0 Å². The molecule has 0 aromatic rings. The van der Waals surface area contributed by atoms with Crippen LogP contribution in [-0.4, -0.2) is 3.97 Å². The van der Waals surface area contributed by atoms with Crippen LogP contribution >= 0.6 is 0 Å². The van der Waals surface area contributed by atoms with Crippen LogP contribution < -0.4 is 55.6 Å². The van der Waals surface area contributed by atoms with Crippen LogP contribution in [0.4, 0.5) is 0 Å². The molecule has 11 heteroatoms. The summed E-state index contributed by atoms with van der Waals surface area (Å²) in [6.45, 7) is 0. The van der Waals surface area contributed by atoms with Gasteiger partial charge in [-0.25, -0.2) is 0 Å². The quantitative estimate of drug-likeness (QED) is 0.210. The topological polar surface area (TPSA) is 218 Å². The van der Waals surface area contributed by atoms with Gasteiger partial charge in [0, 0.05) is 0 Å². The van der Waals surface area contributed by atoms with Crippen LogP contribution in [0.5, 0.6) is 0 Å². The van der Waals surface area contributed by atoms with Gasteiger partial charge in [0.25, 0.3) is 0 Å². The maximum absolute atomic E-state index is 8.67. The first kappa shape index (κ1) is 111. The van der Waals surface area contributed by atoms with Gasteiger partial charge in [-0.2, -0.15) is 0 Å². The van der Waals surface area contributed by atoms with Crippen molar-refractivity contribution >= 4 is 0 Å². The number of halogens is 2. The molecular weight excluding hydrogens is 246 g/mol. The van der Waals surface area contributed by atoms with Gasteiger partial charge < -0.3 is 55.6 Å². The normalized spacial score (nSPS) is 2.27.